The summed E-state index contributed by atoms with van der Waals surface area (Å²) >= 11 is 0. The van der Waals surface area contributed by atoms with Gasteiger partial charge in [0.1, 0.15) is 0 Å². The topological polar surface area (TPSA) is 20.3 Å². The fourth-order valence-corrected chi connectivity index (χ4v) is 2.28. The largest absolute Gasteiger partial charge is 0.416 e. The van der Waals surface area contributed by atoms with E-state index in [0.29, 0.717) is 0 Å². The second-order valence-electron chi connectivity index (χ2n) is 4.84. The molecule has 0 bridgehead atoms. The van der Waals surface area contributed by atoms with E-state index < -0.39 is 11.7 Å². The second kappa shape index (κ2) is 5.74. The first-order chi connectivity index (χ1) is 8.97. The van der Waals surface area contributed by atoms with E-state index in [-0.39, 0.29) is 17.9 Å². The summed E-state index contributed by atoms with van der Waals surface area (Å²) in [5.74, 6) is -0.243. The molecule has 1 saturated heterocycles. The van der Waals surface area contributed by atoms with Gasteiger partial charge in [0.05, 0.1) is 12.1 Å². The number of ketones is 1. The number of likely N-dealkylation sites (tertiary alicyclic amines) is 1. The molecule has 0 spiro atoms. The molecular weight excluding hydrogens is 255 g/mol. The molecular formula is C14H16F3NO. The Morgan fingerprint density at radius 3 is 2.47 bits per heavy atom. The lowest BCUT2D eigenvalue weighted by Crippen LogP contribution is -2.34. The third-order valence-corrected chi connectivity index (χ3v) is 3.33. The minimum Gasteiger partial charge on any atom is -0.296 e. The average Bonchev–Trinajstić information content (AvgIpc) is 2.39. The van der Waals surface area contributed by atoms with Crippen LogP contribution < -0.4 is 0 Å². The van der Waals surface area contributed by atoms with E-state index in [0.717, 1.165) is 44.5 Å². The first-order valence-corrected chi connectivity index (χ1v) is 6.39. The number of rotatable bonds is 3. The van der Waals surface area contributed by atoms with E-state index in [9.17, 15) is 18.0 Å². The van der Waals surface area contributed by atoms with Crippen molar-refractivity contribution >= 4 is 5.78 Å². The van der Waals surface area contributed by atoms with Crippen LogP contribution in [0.5, 0.6) is 0 Å². The van der Waals surface area contributed by atoms with Crippen LogP contribution in [0.1, 0.15) is 35.2 Å². The van der Waals surface area contributed by atoms with Gasteiger partial charge in [0.2, 0.25) is 0 Å². The Hall–Kier alpha value is -1.36. The Morgan fingerprint density at radius 2 is 1.84 bits per heavy atom. The molecule has 0 unspecified atom stereocenters. The molecule has 2 nitrogen and oxygen atoms in total. The predicted octanol–water partition coefficient (Wildman–Crippen LogP) is 3.37. The van der Waals surface area contributed by atoms with Crippen LogP contribution in [0.2, 0.25) is 0 Å². The van der Waals surface area contributed by atoms with Crippen molar-refractivity contribution in [2.24, 2.45) is 0 Å². The smallest absolute Gasteiger partial charge is 0.296 e. The van der Waals surface area contributed by atoms with Gasteiger partial charge in [0, 0.05) is 5.56 Å². The summed E-state index contributed by atoms with van der Waals surface area (Å²) in [6, 6.07) is 4.65. The number of Topliss-reactive ketones (excluding diaryl/α,β-unsaturated/α-hetero) is 1. The van der Waals surface area contributed by atoms with Gasteiger partial charge in [-0.3, -0.25) is 9.69 Å². The molecule has 0 saturated carbocycles. The van der Waals surface area contributed by atoms with Crippen molar-refractivity contribution in [2.75, 3.05) is 19.6 Å². The number of alkyl halides is 3. The van der Waals surface area contributed by atoms with Gasteiger partial charge in [-0.15, -0.1) is 0 Å². The molecule has 0 amide bonds. The summed E-state index contributed by atoms with van der Waals surface area (Å²) in [5, 5.41) is 0. The zero-order valence-electron chi connectivity index (χ0n) is 10.5. The number of benzene rings is 1. The third-order valence-electron chi connectivity index (χ3n) is 3.33. The van der Waals surface area contributed by atoms with Crippen LogP contribution in [0.4, 0.5) is 13.2 Å². The van der Waals surface area contributed by atoms with Crippen molar-refractivity contribution in [3.63, 3.8) is 0 Å². The number of piperidine rings is 1. The van der Waals surface area contributed by atoms with Crippen molar-refractivity contribution in [3.05, 3.63) is 35.4 Å². The van der Waals surface area contributed by atoms with E-state index in [2.05, 4.69) is 0 Å². The SMILES string of the molecule is O=C(CN1CCCCC1)c1cccc(C(F)(F)F)c1. The summed E-state index contributed by atoms with van der Waals surface area (Å²) in [4.78, 5) is 14.0. The Bertz CT molecular complexity index is 450. The molecule has 0 radical (unpaired) electrons. The standard InChI is InChI=1S/C14H16F3NO/c15-14(16,17)12-6-4-5-11(9-12)13(19)10-18-7-2-1-3-8-18/h4-6,9H,1-3,7-8,10H2. The monoisotopic (exact) mass is 271 g/mol. The normalized spacial score (nSPS) is 17.4. The minimum absolute atomic E-state index is 0.139. The summed E-state index contributed by atoms with van der Waals surface area (Å²) in [6.07, 6.45) is -1.14. The summed E-state index contributed by atoms with van der Waals surface area (Å²) in [7, 11) is 0. The molecule has 1 aliphatic rings. The molecule has 1 aromatic rings. The number of carbonyl (C=O) groups is 1. The maximum absolute atomic E-state index is 12.6. The molecule has 19 heavy (non-hydrogen) atoms. The molecule has 1 heterocycles. The third kappa shape index (κ3) is 3.80. The number of hydrogen-bond donors (Lipinski definition) is 0. The fourth-order valence-electron chi connectivity index (χ4n) is 2.28. The Kier molecular flexibility index (Phi) is 4.24. The van der Waals surface area contributed by atoms with Crippen molar-refractivity contribution in [3.8, 4) is 0 Å². The van der Waals surface area contributed by atoms with Crippen molar-refractivity contribution in [2.45, 2.75) is 25.4 Å². The Morgan fingerprint density at radius 1 is 1.16 bits per heavy atom. The number of carbonyl (C=O) groups excluding carboxylic acids is 1. The van der Waals surface area contributed by atoms with E-state index >= 15 is 0 Å². The van der Waals surface area contributed by atoms with Crippen LogP contribution in [-0.2, 0) is 6.18 Å². The van der Waals surface area contributed by atoms with Gasteiger partial charge in [0.25, 0.3) is 0 Å². The lowest BCUT2D eigenvalue weighted by Gasteiger charge is -2.25. The highest BCUT2D eigenvalue weighted by atomic mass is 19.4. The Balaban J connectivity index is 2.06. The molecule has 0 aliphatic carbocycles. The van der Waals surface area contributed by atoms with Crippen LogP contribution in [0, 0.1) is 0 Å². The van der Waals surface area contributed by atoms with Gasteiger partial charge < -0.3 is 0 Å². The maximum Gasteiger partial charge on any atom is 0.416 e. The quantitative estimate of drug-likeness (QED) is 0.785. The highest BCUT2D eigenvalue weighted by Gasteiger charge is 2.31. The van der Waals surface area contributed by atoms with Crippen molar-refractivity contribution in [1.29, 1.82) is 0 Å². The van der Waals surface area contributed by atoms with Crippen molar-refractivity contribution < 1.29 is 18.0 Å². The molecule has 1 aromatic carbocycles. The molecule has 104 valence electrons. The average molecular weight is 271 g/mol. The molecule has 0 atom stereocenters. The highest BCUT2D eigenvalue weighted by Crippen LogP contribution is 2.29. The van der Waals surface area contributed by atoms with E-state index in [1.54, 1.807) is 0 Å². The summed E-state index contributed by atoms with van der Waals surface area (Å²) in [5.41, 5.74) is -0.627. The lowest BCUT2D eigenvalue weighted by atomic mass is 10.1. The molecule has 1 fully saturated rings. The second-order valence-corrected chi connectivity index (χ2v) is 4.84. The van der Waals surface area contributed by atoms with Crippen LogP contribution in [0.25, 0.3) is 0 Å². The van der Waals surface area contributed by atoms with Gasteiger partial charge in [-0.25, -0.2) is 0 Å². The van der Waals surface area contributed by atoms with Gasteiger partial charge in [-0.2, -0.15) is 13.2 Å². The van der Waals surface area contributed by atoms with Crippen LogP contribution in [0.3, 0.4) is 0 Å². The first-order valence-electron chi connectivity index (χ1n) is 6.39. The zero-order valence-corrected chi connectivity index (χ0v) is 10.5. The van der Waals surface area contributed by atoms with E-state index in [4.69, 9.17) is 0 Å². The first kappa shape index (κ1) is 14.1. The zero-order chi connectivity index (χ0) is 13.9. The molecule has 1 aliphatic heterocycles. The van der Waals surface area contributed by atoms with Gasteiger partial charge >= 0.3 is 6.18 Å². The minimum atomic E-state index is -4.40. The number of nitrogens with zero attached hydrogens (tertiary/aromatic N) is 1. The van der Waals surface area contributed by atoms with Gasteiger partial charge in [0.15, 0.2) is 5.78 Å². The highest BCUT2D eigenvalue weighted by molar-refractivity contribution is 5.97. The number of hydrogen-bond acceptors (Lipinski definition) is 2. The fraction of sp³-hybridized carbons (Fsp3) is 0.500. The number of halogens is 3. The van der Waals surface area contributed by atoms with Crippen LogP contribution in [-0.4, -0.2) is 30.3 Å². The molecule has 0 aromatic heterocycles. The molecule has 5 heteroatoms. The Labute approximate surface area is 110 Å². The lowest BCUT2D eigenvalue weighted by molar-refractivity contribution is -0.137. The van der Waals surface area contributed by atoms with Crippen LogP contribution in [0.15, 0.2) is 24.3 Å². The van der Waals surface area contributed by atoms with Gasteiger partial charge in [-0.1, -0.05) is 18.6 Å². The van der Waals surface area contributed by atoms with Crippen molar-refractivity contribution in [1.82, 2.24) is 4.90 Å². The van der Waals surface area contributed by atoms with Gasteiger partial charge in [-0.05, 0) is 38.1 Å². The van der Waals surface area contributed by atoms with Crippen LogP contribution >= 0.6 is 0 Å². The van der Waals surface area contributed by atoms with E-state index in [1.165, 1.54) is 12.1 Å². The summed E-state index contributed by atoms with van der Waals surface area (Å²) in [6.45, 7) is 1.91. The summed E-state index contributed by atoms with van der Waals surface area (Å²) < 4.78 is 37.7. The molecule has 2 rings (SSSR count). The van der Waals surface area contributed by atoms with E-state index in [1.807, 2.05) is 4.90 Å². The maximum atomic E-state index is 12.6. The molecule has 0 N–H and O–H groups in total. The predicted molar refractivity (Wildman–Crippen MR) is 66.1 cm³/mol.